The van der Waals surface area contributed by atoms with E-state index in [0.29, 0.717) is 0 Å². The van der Waals surface area contributed by atoms with Gasteiger partial charge in [-0.2, -0.15) is 0 Å². The van der Waals surface area contributed by atoms with E-state index >= 15 is 0 Å². The Kier molecular flexibility index (Phi) is 5.21. The molecule has 0 aromatic rings. The van der Waals surface area contributed by atoms with Crippen molar-refractivity contribution in [3.63, 3.8) is 0 Å². The molecule has 0 amide bonds. The van der Waals surface area contributed by atoms with E-state index < -0.39 is 22.4 Å². The molecule has 0 N–H and O–H groups in total. The van der Waals surface area contributed by atoms with E-state index in [-0.39, 0.29) is 12.2 Å². The van der Waals surface area contributed by atoms with E-state index in [1.54, 1.807) is 0 Å². The molecular formula is C24H38O6. The molecule has 0 aliphatic carbocycles. The SMILES string of the molecule is C1CO[C@H]([C@]2([C@@]3([C@@]4([C@]5([C@H]6CCCO6)CCCO5)CCCO4)CCCO3)CCCO2)C1. The van der Waals surface area contributed by atoms with Crippen LogP contribution in [0.3, 0.4) is 0 Å². The lowest BCUT2D eigenvalue weighted by Gasteiger charge is -2.61. The third-order valence-corrected chi connectivity index (χ3v) is 9.07. The van der Waals surface area contributed by atoms with E-state index in [1.807, 2.05) is 0 Å². The molecule has 0 aromatic heterocycles. The highest BCUT2D eigenvalue weighted by Crippen LogP contribution is 2.64. The summed E-state index contributed by atoms with van der Waals surface area (Å²) >= 11 is 0. The van der Waals surface area contributed by atoms with Crippen molar-refractivity contribution in [1.29, 1.82) is 0 Å². The molecule has 6 aliphatic heterocycles. The molecule has 6 fully saturated rings. The molecule has 0 radical (unpaired) electrons. The lowest BCUT2D eigenvalue weighted by Crippen LogP contribution is -2.79. The molecule has 30 heavy (non-hydrogen) atoms. The van der Waals surface area contributed by atoms with Crippen LogP contribution >= 0.6 is 0 Å². The van der Waals surface area contributed by atoms with E-state index in [4.69, 9.17) is 28.4 Å². The normalized spacial score (nSPS) is 52.0. The Morgan fingerprint density at radius 1 is 0.433 bits per heavy atom. The fourth-order valence-electron chi connectivity index (χ4n) is 8.15. The first-order chi connectivity index (χ1) is 14.8. The summed E-state index contributed by atoms with van der Waals surface area (Å²) in [6, 6.07) is 0. The molecule has 6 aliphatic rings. The van der Waals surface area contributed by atoms with Gasteiger partial charge in [-0.05, 0) is 77.0 Å². The van der Waals surface area contributed by atoms with Gasteiger partial charge in [0.2, 0.25) is 0 Å². The molecule has 6 heterocycles. The highest BCUT2D eigenvalue weighted by Gasteiger charge is 2.78. The Labute approximate surface area is 180 Å². The molecule has 0 spiro atoms. The van der Waals surface area contributed by atoms with Gasteiger partial charge in [0.1, 0.15) is 22.4 Å². The quantitative estimate of drug-likeness (QED) is 0.676. The number of hydrogen-bond donors (Lipinski definition) is 0. The Bertz CT molecular complexity index is 545. The maximum absolute atomic E-state index is 6.96. The molecular weight excluding hydrogens is 384 g/mol. The van der Waals surface area contributed by atoms with Gasteiger partial charge in [-0.25, -0.2) is 0 Å². The van der Waals surface area contributed by atoms with Gasteiger partial charge in [0.25, 0.3) is 0 Å². The highest BCUT2D eigenvalue weighted by molar-refractivity contribution is 5.28. The number of hydrogen-bond acceptors (Lipinski definition) is 6. The fraction of sp³-hybridized carbons (Fsp3) is 1.00. The van der Waals surface area contributed by atoms with Crippen LogP contribution < -0.4 is 0 Å². The van der Waals surface area contributed by atoms with Crippen molar-refractivity contribution in [2.45, 2.75) is 112 Å². The number of rotatable bonds is 5. The Morgan fingerprint density at radius 2 is 0.867 bits per heavy atom. The van der Waals surface area contributed by atoms with Gasteiger partial charge in [-0.15, -0.1) is 0 Å². The van der Waals surface area contributed by atoms with Crippen molar-refractivity contribution >= 4 is 0 Å². The maximum atomic E-state index is 6.96. The van der Waals surface area contributed by atoms with Crippen molar-refractivity contribution in [2.24, 2.45) is 0 Å². The van der Waals surface area contributed by atoms with Crippen molar-refractivity contribution < 1.29 is 28.4 Å². The first kappa shape index (κ1) is 20.4. The summed E-state index contributed by atoms with van der Waals surface area (Å²) in [5, 5.41) is 0. The second kappa shape index (κ2) is 7.67. The largest absolute Gasteiger partial charge is 0.375 e. The minimum absolute atomic E-state index is 0.0853. The summed E-state index contributed by atoms with van der Waals surface area (Å²) in [5.74, 6) is 0. The van der Waals surface area contributed by atoms with Crippen molar-refractivity contribution in [3.8, 4) is 0 Å². The molecule has 6 saturated heterocycles. The van der Waals surface area contributed by atoms with Gasteiger partial charge >= 0.3 is 0 Å². The van der Waals surface area contributed by atoms with Crippen molar-refractivity contribution in [1.82, 2.24) is 0 Å². The smallest absolute Gasteiger partial charge is 0.131 e. The maximum Gasteiger partial charge on any atom is 0.131 e. The molecule has 0 bridgehead atoms. The molecule has 0 aromatic carbocycles. The fourth-order valence-corrected chi connectivity index (χ4v) is 8.15. The second-order valence-electron chi connectivity index (χ2n) is 10.2. The van der Waals surface area contributed by atoms with Crippen LogP contribution in [0, 0.1) is 0 Å². The van der Waals surface area contributed by atoms with Crippen LogP contribution in [0.2, 0.25) is 0 Å². The zero-order valence-electron chi connectivity index (χ0n) is 18.3. The first-order valence-electron chi connectivity index (χ1n) is 12.6. The molecule has 0 saturated carbocycles. The Hall–Kier alpha value is -0.240. The lowest BCUT2D eigenvalue weighted by atomic mass is 9.56. The predicted octanol–water partition coefficient (Wildman–Crippen LogP) is 3.54. The molecule has 6 nitrogen and oxygen atoms in total. The standard InChI is InChI=1S/C24H38O6/c1-7-19(25-13-1)21(9-3-15-27-21)23(11-5-17-29-23)24(12-6-18-30-24)22(10-4-16-28-22)20-8-2-14-26-20/h19-20H,1-18H2/t19-,20+,21-,22+,23+,24-. The van der Waals surface area contributed by atoms with Crippen LogP contribution in [0.15, 0.2) is 0 Å². The lowest BCUT2D eigenvalue weighted by molar-refractivity contribution is -0.335. The van der Waals surface area contributed by atoms with Crippen LogP contribution in [-0.2, 0) is 28.4 Å². The van der Waals surface area contributed by atoms with Crippen LogP contribution in [0.1, 0.15) is 77.0 Å². The first-order valence-corrected chi connectivity index (χ1v) is 12.6. The predicted molar refractivity (Wildman–Crippen MR) is 110 cm³/mol. The van der Waals surface area contributed by atoms with Crippen molar-refractivity contribution in [2.75, 3.05) is 39.6 Å². The topological polar surface area (TPSA) is 55.4 Å². The van der Waals surface area contributed by atoms with E-state index in [9.17, 15) is 0 Å². The molecule has 6 rings (SSSR count). The molecule has 6 atom stereocenters. The Balaban J connectivity index is 1.52. The van der Waals surface area contributed by atoms with Crippen LogP contribution in [0.25, 0.3) is 0 Å². The van der Waals surface area contributed by atoms with Crippen LogP contribution in [0.4, 0.5) is 0 Å². The van der Waals surface area contributed by atoms with Gasteiger partial charge in [0.15, 0.2) is 0 Å². The zero-order chi connectivity index (χ0) is 20.1. The summed E-state index contributed by atoms with van der Waals surface area (Å²) in [5.41, 5.74) is -1.94. The average Bonchev–Trinajstić information content (AvgIpc) is 3.64. The monoisotopic (exact) mass is 422 g/mol. The third-order valence-electron chi connectivity index (χ3n) is 9.07. The molecule has 6 heteroatoms. The summed E-state index contributed by atoms with van der Waals surface area (Å²) in [7, 11) is 0. The van der Waals surface area contributed by atoms with E-state index in [0.717, 1.165) is 117 Å². The van der Waals surface area contributed by atoms with Gasteiger partial charge in [0.05, 0.1) is 12.2 Å². The van der Waals surface area contributed by atoms with Gasteiger partial charge in [0, 0.05) is 39.6 Å². The minimum atomic E-state index is -0.529. The van der Waals surface area contributed by atoms with E-state index in [2.05, 4.69) is 0 Å². The highest BCUT2D eigenvalue weighted by atomic mass is 16.6. The van der Waals surface area contributed by atoms with Crippen LogP contribution in [-0.4, -0.2) is 74.3 Å². The van der Waals surface area contributed by atoms with Gasteiger partial charge < -0.3 is 28.4 Å². The Morgan fingerprint density at radius 3 is 1.17 bits per heavy atom. The summed E-state index contributed by atoms with van der Waals surface area (Å²) in [6.45, 7) is 4.76. The molecule has 0 unspecified atom stereocenters. The zero-order valence-corrected chi connectivity index (χ0v) is 18.3. The average molecular weight is 423 g/mol. The van der Waals surface area contributed by atoms with Gasteiger partial charge in [-0.3, -0.25) is 0 Å². The summed E-state index contributed by atoms with van der Waals surface area (Å²) in [4.78, 5) is 0. The van der Waals surface area contributed by atoms with Crippen molar-refractivity contribution in [3.05, 3.63) is 0 Å². The van der Waals surface area contributed by atoms with E-state index in [1.165, 1.54) is 0 Å². The minimum Gasteiger partial charge on any atom is -0.375 e. The summed E-state index contributed by atoms with van der Waals surface area (Å²) in [6.07, 6.45) is 12.6. The summed E-state index contributed by atoms with van der Waals surface area (Å²) < 4.78 is 40.2. The molecule has 170 valence electrons. The second-order valence-corrected chi connectivity index (χ2v) is 10.2. The number of ether oxygens (including phenoxy) is 6. The van der Waals surface area contributed by atoms with Gasteiger partial charge in [-0.1, -0.05) is 0 Å². The van der Waals surface area contributed by atoms with Crippen LogP contribution in [0.5, 0.6) is 0 Å². The third kappa shape index (κ3) is 2.52.